The van der Waals surface area contributed by atoms with Crippen LogP contribution < -0.4 is 5.26 Å². The Kier molecular flexibility index (Phi) is 11.7. The molecule has 16 heteroatoms. The van der Waals surface area contributed by atoms with Crippen LogP contribution in [-0.4, -0.2) is 36.1 Å². The van der Waals surface area contributed by atoms with Crippen molar-refractivity contribution in [2.45, 2.75) is 30.4 Å². The molecule has 1 aromatic carbocycles. The van der Waals surface area contributed by atoms with E-state index in [2.05, 4.69) is 14.1 Å². The van der Waals surface area contributed by atoms with E-state index in [1.165, 1.54) is 0 Å². The number of alkyl halides is 5. The average molecular weight is 797 g/mol. The highest BCUT2D eigenvalue weighted by Crippen LogP contribution is 2.42. The minimum absolute atomic E-state index is 0.273. The van der Waals surface area contributed by atoms with Crippen LogP contribution in [0.15, 0.2) is 12.1 Å². The summed E-state index contributed by atoms with van der Waals surface area (Å²) < 4.78 is 79.3. The van der Waals surface area contributed by atoms with Gasteiger partial charge in [0.2, 0.25) is 0 Å². The van der Waals surface area contributed by atoms with Gasteiger partial charge in [0.25, 0.3) is 6.10 Å². The van der Waals surface area contributed by atoms with Gasteiger partial charge in [-0.05, 0) is 86.3 Å². The van der Waals surface area contributed by atoms with Gasteiger partial charge in [0.05, 0.1) is 12.2 Å². The van der Waals surface area contributed by atoms with Gasteiger partial charge in [-0.2, -0.15) is 26.3 Å². The Hall–Kier alpha value is 0.230. The number of esters is 2. The molecule has 0 saturated heterocycles. The van der Waals surface area contributed by atoms with E-state index in [0.717, 1.165) is 3.57 Å². The second-order valence-corrected chi connectivity index (χ2v) is 9.40. The van der Waals surface area contributed by atoms with Gasteiger partial charge in [0.15, 0.2) is 0 Å². The SMILES string of the molecule is O=C(CCCOC(=O)c1c(I)ccc(I)c1I)OC(C(F)(F)F)C(F)(F)SOO[O-]. The molecule has 1 aromatic rings. The molecule has 1 unspecified atom stereocenters. The zero-order valence-corrected chi connectivity index (χ0v) is 21.4. The molecule has 0 radical (unpaired) electrons. The number of halogens is 8. The highest BCUT2D eigenvalue weighted by Gasteiger charge is 2.60. The van der Waals surface area contributed by atoms with Gasteiger partial charge < -0.3 is 14.7 Å². The van der Waals surface area contributed by atoms with E-state index in [1.54, 1.807) is 12.1 Å². The van der Waals surface area contributed by atoms with Gasteiger partial charge in [0.1, 0.15) is 12.0 Å². The molecule has 0 amide bonds. The van der Waals surface area contributed by atoms with Crippen molar-refractivity contribution < 1.29 is 55.6 Å². The molecule has 1 rings (SSSR count). The van der Waals surface area contributed by atoms with Crippen molar-refractivity contribution in [3.63, 3.8) is 0 Å². The first-order chi connectivity index (χ1) is 13.8. The summed E-state index contributed by atoms with van der Waals surface area (Å²) in [5, 5.41) is 7.29. The first-order valence-corrected chi connectivity index (χ1v) is 11.4. The summed E-state index contributed by atoms with van der Waals surface area (Å²) in [4.78, 5) is 23.7. The van der Waals surface area contributed by atoms with E-state index in [0.29, 0.717) is 12.7 Å². The zero-order valence-electron chi connectivity index (χ0n) is 14.1. The van der Waals surface area contributed by atoms with Crippen LogP contribution in [0.3, 0.4) is 0 Å². The smallest absolute Gasteiger partial charge is 0.432 e. The minimum Gasteiger partial charge on any atom is -0.691 e. The highest BCUT2D eigenvalue weighted by molar-refractivity contribution is 14.1. The van der Waals surface area contributed by atoms with Gasteiger partial charge in [0, 0.05) is 17.1 Å². The summed E-state index contributed by atoms with van der Waals surface area (Å²) in [6.07, 6.45) is -10.5. The topological polar surface area (TPSA) is 94.1 Å². The van der Waals surface area contributed by atoms with Gasteiger partial charge in [-0.15, -0.1) is 0 Å². The number of carbonyl (C=O) groups is 2. The Morgan fingerprint density at radius 3 is 2.27 bits per heavy atom. The van der Waals surface area contributed by atoms with Gasteiger partial charge in [-0.1, -0.05) is 0 Å². The first kappa shape index (κ1) is 28.3. The largest absolute Gasteiger partial charge is 0.691 e. The summed E-state index contributed by atoms with van der Waals surface area (Å²) in [5.41, 5.74) is 0.292. The fourth-order valence-corrected chi connectivity index (χ4v) is 4.50. The standard InChI is InChI=1S/C14H10F5I3O7S/c15-13(16,17)12(14(18,19)30-29-28-25)27-8(23)2-1-5-26-11(24)9-6(20)3-4-7(21)10(9)22/h3-4,12,25H,1-2,5H2/p-1. The van der Waals surface area contributed by atoms with Gasteiger partial charge >= 0.3 is 23.4 Å². The molecule has 0 aliphatic rings. The fourth-order valence-electron chi connectivity index (χ4n) is 1.79. The molecule has 0 bridgehead atoms. The molecular weight excluding hydrogens is 788 g/mol. The lowest BCUT2D eigenvalue weighted by molar-refractivity contribution is -0.777. The third kappa shape index (κ3) is 8.64. The van der Waals surface area contributed by atoms with Crippen molar-refractivity contribution >= 4 is 91.8 Å². The Labute approximate surface area is 211 Å². The van der Waals surface area contributed by atoms with Gasteiger partial charge in [-0.3, -0.25) is 9.83 Å². The molecule has 0 aromatic heterocycles. The van der Waals surface area contributed by atoms with Crippen LogP contribution in [0.4, 0.5) is 22.0 Å². The van der Waals surface area contributed by atoms with Crippen LogP contribution in [0.2, 0.25) is 0 Å². The lowest BCUT2D eigenvalue weighted by Gasteiger charge is -2.26. The fraction of sp³-hybridized carbons (Fsp3) is 0.429. The quantitative estimate of drug-likeness (QED) is 0.0504. The van der Waals surface area contributed by atoms with E-state index in [4.69, 9.17) is 4.74 Å². The molecule has 0 N–H and O–H groups in total. The molecular formula is C14H9F5I3O7S-. The third-order valence-corrected chi connectivity index (χ3v) is 7.54. The number of benzene rings is 1. The van der Waals surface area contributed by atoms with Crippen LogP contribution in [0, 0.1) is 10.7 Å². The monoisotopic (exact) mass is 797 g/mol. The Balaban J connectivity index is 2.61. The summed E-state index contributed by atoms with van der Waals surface area (Å²) >= 11 is 4.64. The van der Waals surface area contributed by atoms with E-state index in [9.17, 15) is 36.8 Å². The normalized spacial score (nSPS) is 13.1. The van der Waals surface area contributed by atoms with Crippen LogP contribution in [0.5, 0.6) is 0 Å². The molecule has 30 heavy (non-hydrogen) atoms. The minimum atomic E-state index is -5.65. The van der Waals surface area contributed by atoms with Crippen LogP contribution in [-0.2, 0) is 23.6 Å². The van der Waals surface area contributed by atoms with Crippen molar-refractivity contribution in [1.29, 1.82) is 0 Å². The lowest BCUT2D eigenvalue weighted by Crippen LogP contribution is -2.46. The zero-order chi connectivity index (χ0) is 23.1. The van der Waals surface area contributed by atoms with Crippen molar-refractivity contribution in [2.75, 3.05) is 6.61 Å². The summed E-state index contributed by atoms with van der Waals surface area (Å²) in [6.45, 7) is -0.361. The predicted molar refractivity (Wildman–Crippen MR) is 115 cm³/mol. The maximum absolute atomic E-state index is 13.5. The van der Waals surface area contributed by atoms with Crippen molar-refractivity contribution in [3.05, 3.63) is 28.4 Å². The second-order valence-electron chi connectivity index (χ2n) is 5.15. The van der Waals surface area contributed by atoms with Gasteiger partial charge in [-0.25, -0.2) is 4.79 Å². The molecule has 0 fully saturated rings. The molecule has 0 aliphatic heterocycles. The molecule has 7 nitrogen and oxygen atoms in total. The molecule has 0 heterocycles. The van der Waals surface area contributed by atoms with E-state index >= 15 is 0 Å². The molecule has 1 atom stereocenters. The molecule has 0 saturated carbocycles. The number of hydrogen-bond donors (Lipinski definition) is 0. The van der Waals surface area contributed by atoms with Crippen molar-refractivity contribution in [2.24, 2.45) is 0 Å². The van der Waals surface area contributed by atoms with Crippen molar-refractivity contribution in [1.82, 2.24) is 0 Å². The number of ether oxygens (including phenoxy) is 2. The van der Waals surface area contributed by atoms with E-state index < -0.39 is 47.9 Å². The number of carbonyl (C=O) groups excluding carboxylic acids is 2. The lowest BCUT2D eigenvalue weighted by atomic mass is 10.2. The molecule has 0 aliphatic carbocycles. The first-order valence-electron chi connectivity index (χ1n) is 7.40. The van der Waals surface area contributed by atoms with Crippen LogP contribution in [0.1, 0.15) is 23.2 Å². The highest BCUT2D eigenvalue weighted by atomic mass is 127. The number of hydrogen-bond acceptors (Lipinski definition) is 8. The summed E-state index contributed by atoms with van der Waals surface area (Å²) in [7, 11) is 0. The second kappa shape index (κ2) is 12.5. The average Bonchev–Trinajstić information content (AvgIpc) is 2.64. The Morgan fingerprint density at radius 1 is 1.10 bits per heavy atom. The summed E-state index contributed by atoms with van der Waals surface area (Å²) in [6, 6.07) is 3.48. The summed E-state index contributed by atoms with van der Waals surface area (Å²) in [5.74, 6) is -2.32. The maximum Gasteiger partial charge on any atom is 0.432 e. The number of rotatable bonds is 10. The van der Waals surface area contributed by atoms with Crippen molar-refractivity contribution in [3.8, 4) is 0 Å². The van der Waals surface area contributed by atoms with E-state index in [-0.39, 0.29) is 13.0 Å². The third-order valence-electron chi connectivity index (χ3n) is 3.03. The predicted octanol–water partition coefficient (Wildman–Crippen LogP) is 4.38. The molecule has 0 spiro atoms. The Morgan fingerprint density at radius 2 is 1.70 bits per heavy atom. The van der Waals surface area contributed by atoms with E-state index in [1.807, 2.05) is 67.8 Å². The maximum atomic E-state index is 13.5. The molecule has 170 valence electrons. The van der Waals surface area contributed by atoms with Crippen LogP contribution in [0.25, 0.3) is 0 Å². The Bertz CT molecular complexity index is 766. The van der Waals surface area contributed by atoms with Crippen LogP contribution >= 0.6 is 79.8 Å².